The molecule has 0 saturated carbocycles. The van der Waals surface area contributed by atoms with E-state index in [0.29, 0.717) is 0 Å². The van der Waals surface area contributed by atoms with Crippen LogP contribution in [0, 0.1) is 6.92 Å². The van der Waals surface area contributed by atoms with Gasteiger partial charge in [0.05, 0.1) is 22.2 Å². The van der Waals surface area contributed by atoms with Crippen LogP contribution in [-0.4, -0.2) is 35.3 Å². The van der Waals surface area contributed by atoms with E-state index in [9.17, 15) is 26.4 Å². The Morgan fingerprint density at radius 2 is 1.82 bits per heavy atom. The maximum atomic E-state index is 12.6. The molecule has 10 nitrogen and oxygen atoms in total. The summed E-state index contributed by atoms with van der Waals surface area (Å²) in [7, 11) is -4.02. The number of hydroxylamine groups is 1. The molecule has 3 aromatic rings. The van der Waals surface area contributed by atoms with E-state index in [1.54, 1.807) is 12.1 Å². The molecule has 0 aliphatic heterocycles. The first-order chi connectivity index (χ1) is 15.3. The van der Waals surface area contributed by atoms with E-state index in [-0.39, 0.29) is 27.3 Å². The molecule has 0 radical (unpaired) electrons. The lowest BCUT2D eigenvalue weighted by Gasteiger charge is -2.07. The number of pyridine rings is 1. The molecule has 0 bridgehead atoms. The summed E-state index contributed by atoms with van der Waals surface area (Å²) in [5.74, 6) is -0.386. The Hall–Kier alpha value is -3.75. The summed E-state index contributed by atoms with van der Waals surface area (Å²) < 4.78 is 67.4. The summed E-state index contributed by atoms with van der Waals surface area (Å²) in [4.78, 5) is 14.6. The van der Waals surface area contributed by atoms with Gasteiger partial charge in [-0.05, 0) is 37.3 Å². The standard InChI is InChI=1S/C12H10F3N5O2.C7H8O3S/c13-12(14,15)7-1-2-8-9(3-7)17-4-6(10(8)21)5-18-19-11(16)20-22;1-6-2-4-7(5-3-6)11(8,9)10/h1-5,22H,(H,17,21)(H3,16,19,20);2-5H,1H3,(H,8,9,10)/b18-5+;. The molecule has 0 fully saturated rings. The van der Waals surface area contributed by atoms with Gasteiger partial charge >= 0.3 is 6.18 Å². The second-order valence-electron chi connectivity index (χ2n) is 6.46. The molecule has 0 unspecified atom stereocenters. The predicted molar refractivity (Wildman–Crippen MR) is 115 cm³/mol. The quantitative estimate of drug-likeness (QED) is 0.164. The Morgan fingerprint density at radius 1 is 1.18 bits per heavy atom. The van der Waals surface area contributed by atoms with Crippen LogP contribution in [0.1, 0.15) is 16.7 Å². The van der Waals surface area contributed by atoms with Crippen LogP contribution in [-0.2, 0) is 16.3 Å². The number of nitrogens with two attached hydrogens (primary N) is 1. The van der Waals surface area contributed by atoms with Gasteiger partial charge in [0.15, 0.2) is 5.43 Å². The van der Waals surface area contributed by atoms with Crippen molar-refractivity contribution in [3.8, 4) is 0 Å². The van der Waals surface area contributed by atoms with E-state index in [1.807, 2.05) is 6.92 Å². The maximum Gasteiger partial charge on any atom is 0.416 e. The van der Waals surface area contributed by atoms with Crippen molar-refractivity contribution in [3.05, 3.63) is 75.6 Å². The molecule has 0 atom stereocenters. The summed E-state index contributed by atoms with van der Waals surface area (Å²) in [5, 5.41) is 15.2. The smallest absolute Gasteiger partial charge is 0.367 e. The normalized spacial score (nSPS) is 12.5. The largest absolute Gasteiger partial charge is 0.416 e. The van der Waals surface area contributed by atoms with E-state index >= 15 is 0 Å². The lowest BCUT2D eigenvalue weighted by atomic mass is 10.1. The third kappa shape index (κ3) is 7.13. The minimum atomic E-state index is -4.49. The highest BCUT2D eigenvalue weighted by Crippen LogP contribution is 2.30. The van der Waals surface area contributed by atoms with Gasteiger partial charge in [-0.3, -0.25) is 14.6 Å². The van der Waals surface area contributed by atoms with E-state index in [4.69, 9.17) is 15.5 Å². The Balaban J connectivity index is 0.000000294. The van der Waals surface area contributed by atoms with Gasteiger partial charge < -0.3 is 10.7 Å². The van der Waals surface area contributed by atoms with Crippen molar-refractivity contribution < 1.29 is 31.3 Å². The number of alkyl halides is 3. The van der Waals surface area contributed by atoms with Crippen molar-refractivity contribution in [2.45, 2.75) is 18.0 Å². The number of aromatic nitrogens is 1. The highest BCUT2D eigenvalue weighted by molar-refractivity contribution is 7.85. The maximum absolute atomic E-state index is 12.6. The van der Waals surface area contributed by atoms with Crippen molar-refractivity contribution in [2.75, 3.05) is 0 Å². The number of halogens is 3. The molecule has 3 rings (SSSR count). The van der Waals surface area contributed by atoms with Gasteiger partial charge in [0.2, 0.25) is 5.96 Å². The van der Waals surface area contributed by atoms with Gasteiger partial charge in [0, 0.05) is 17.1 Å². The lowest BCUT2D eigenvalue weighted by Crippen LogP contribution is -2.27. The van der Waals surface area contributed by atoms with Gasteiger partial charge in [-0.25, -0.2) is 5.48 Å². The van der Waals surface area contributed by atoms with Gasteiger partial charge in [-0.15, -0.1) is 5.10 Å². The summed E-state index contributed by atoms with van der Waals surface area (Å²) in [6, 6.07) is 8.75. The fraction of sp³-hybridized carbons (Fsp3) is 0.105. The number of hydrogen-bond donors (Lipinski definition) is 5. The van der Waals surface area contributed by atoms with Crippen molar-refractivity contribution in [1.29, 1.82) is 0 Å². The molecule has 1 aromatic heterocycles. The molecule has 0 aliphatic carbocycles. The molecular weight excluding hydrogens is 467 g/mol. The van der Waals surface area contributed by atoms with E-state index in [2.05, 4.69) is 15.2 Å². The third-order valence-corrected chi connectivity index (χ3v) is 4.90. The summed E-state index contributed by atoms with van der Waals surface area (Å²) in [5.41, 5.74) is 6.35. The van der Waals surface area contributed by atoms with Gasteiger partial charge in [-0.2, -0.15) is 26.7 Å². The van der Waals surface area contributed by atoms with Crippen LogP contribution < -0.4 is 16.6 Å². The second-order valence-corrected chi connectivity index (χ2v) is 7.88. The number of guanidine groups is 1. The van der Waals surface area contributed by atoms with Crippen molar-refractivity contribution in [2.24, 2.45) is 15.9 Å². The van der Waals surface area contributed by atoms with E-state index in [1.165, 1.54) is 23.8 Å². The number of fused-ring (bicyclic) bond motifs is 1. The zero-order chi connectivity index (χ0) is 24.8. The number of nitrogens with one attached hydrogen (secondary N) is 2. The number of nitrogens with zero attached hydrogens (tertiary/aromatic N) is 2. The zero-order valence-electron chi connectivity index (χ0n) is 16.8. The number of benzene rings is 2. The summed E-state index contributed by atoms with van der Waals surface area (Å²) in [6.45, 7) is 1.84. The van der Waals surface area contributed by atoms with Gasteiger partial charge in [0.1, 0.15) is 0 Å². The Labute approximate surface area is 185 Å². The molecule has 2 aromatic carbocycles. The third-order valence-electron chi connectivity index (χ3n) is 4.03. The first kappa shape index (κ1) is 25.5. The topological polar surface area (TPSA) is 170 Å². The average Bonchev–Trinajstić information content (AvgIpc) is 2.74. The van der Waals surface area contributed by atoms with Crippen molar-refractivity contribution in [1.82, 2.24) is 10.5 Å². The molecule has 6 N–H and O–H groups in total. The van der Waals surface area contributed by atoms with Gasteiger partial charge in [-0.1, -0.05) is 17.7 Å². The van der Waals surface area contributed by atoms with Crippen LogP contribution in [0.25, 0.3) is 10.9 Å². The zero-order valence-corrected chi connectivity index (χ0v) is 17.6. The molecule has 33 heavy (non-hydrogen) atoms. The van der Waals surface area contributed by atoms with Crippen LogP contribution in [0.3, 0.4) is 0 Å². The fourth-order valence-electron chi connectivity index (χ4n) is 2.40. The van der Waals surface area contributed by atoms with Crippen LogP contribution >= 0.6 is 0 Å². The highest BCUT2D eigenvalue weighted by Gasteiger charge is 2.30. The predicted octanol–water partition coefficient (Wildman–Crippen LogP) is 2.42. The van der Waals surface area contributed by atoms with Gasteiger partial charge in [0.25, 0.3) is 10.1 Å². The molecule has 0 amide bonds. The van der Waals surface area contributed by atoms with Crippen LogP contribution in [0.4, 0.5) is 13.2 Å². The molecule has 0 saturated heterocycles. The van der Waals surface area contributed by atoms with Crippen molar-refractivity contribution >= 4 is 33.2 Å². The number of H-pyrrole nitrogens is 1. The molecule has 0 spiro atoms. The first-order valence-corrected chi connectivity index (χ1v) is 10.3. The molecule has 1 heterocycles. The number of rotatable bonds is 3. The number of aryl methyl sites for hydroxylation is 1. The first-order valence-electron chi connectivity index (χ1n) is 8.86. The Morgan fingerprint density at radius 3 is 2.36 bits per heavy atom. The summed E-state index contributed by atoms with van der Waals surface area (Å²) >= 11 is 0. The SMILES string of the molecule is Cc1ccc(S(=O)(=O)O)cc1.N/C(=N\N=C\c1c[nH]c2cc(C(F)(F)F)ccc2c1=O)NO. The number of aromatic amines is 1. The average molecular weight is 485 g/mol. The fourth-order valence-corrected chi connectivity index (χ4v) is 2.88. The minimum Gasteiger partial charge on any atom is -0.367 e. The van der Waals surface area contributed by atoms with Crippen LogP contribution in [0.5, 0.6) is 0 Å². The monoisotopic (exact) mass is 485 g/mol. The van der Waals surface area contributed by atoms with E-state index in [0.717, 1.165) is 30.0 Å². The second kappa shape index (κ2) is 10.2. The number of hydrogen-bond acceptors (Lipinski definition) is 6. The van der Waals surface area contributed by atoms with E-state index < -0.39 is 27.3 Å². The molecular formula is C19H18F3N5O5S. The Bertz CT molecular complexity index is 1350. The lowest BCUT2D eigenvalue weighted by molar-refractivity contribution is -0.137. The van der Waals surface area contributed by atoms with Crippen LogP contribution in [0.15, 0.2) is 68.6 Å². The molecule has 14 heteroatoms. The van der Waals surface area contributed by atoms with Crippen LogP contribution in [0.2, 0.25) is 0 Å². The minimum absolute atomic E-state index is 0.0528. The Kier molecular flexibility index (Phi) is 7.92. The molecule has 0 aliphatic rings. The highest BCUT2D eigenvalue weighted by atomic mass is 32.2. The molecule has 176 valence electrons. The van der Waals surface area contributed by atoms with Crippen molar-refractivity contribution in [3.63, 3.8) is 0 Å². The summed E-state index contributed by atoms with van der Waals surface area (Å²) in [6.07, 6.45) is -2.23.